The summed E-state index contributed by atoms with van der Waals surface area (Å²) >= 11 is 0. The maximum absolute atomic E-state index is 11.5. The molecule has 0 saturated heterocycles. The Morgan fingerprint density at radius 1 is 1.44 bits per heavy atom. The second kappa shape index (κ2) is 6.55. The fraction of sp³-hybridized carbons (Fsp3) is 0.364. The van der Waals surface area contributed by atoms with E-state index in [-0.39, 0.29) is 17.8 Å². The van der Waals surface area contributed by atoms with E-state index in [4.69, 9.17) is 5.73 Å². The molecule has 1 aromatic carbocycles. The monoisotopic (exact) mass is 252 g/mol. The molecule has 4 N–H and O–H groups in total. The van der Waals surface area contributed by atoms with Gasteiger partial charge >= 0.3 is 6.03 Å². The second-order valence-electron chi connectivity index (χ2n) is 3.74. The van der Waals surface area contributed by atoms with Crippen molar-refractivity contribution in [1.82, 2.24) is 5.32 Å². The molecule has 18 heavy (non-hydrogen) atoms. The molecular weight excluding hydrogens is 236 g/mol. The van der Waals surface area contributed by atoms with Crippen molar-refractivity contribution in [3.05, 3.63) is 34.4 Å². The number of nitro groups is 1. The predicted octanol–water partition coefficient (Wildman–Crippen LogP) is 1.45. The average molecular weight is 252 g/mol. The Balaban J connectivity index is 2.56. The molecule has 0 fully saturated rings. The Kier molecular flexibility index (Phi) is 5.06. The van der Waals surface area contributed by atoms with Gasteiger partial charge < -0.3 is 16.4 Å². The molecule has 1 atom stereocenters. The van der Waals surface area contributed by atoms with Crippen molar-refractivity contribution in [2.75, 3.05) is 11.9 Å². The fourth-order valence-electron chi connectivity index (χ4n) is 1.35. The van der Waals surface area contributed by atoms with Crippen molar-refractivity contribution in [3.63, 3.8) is 0 Å². The van der Waals surface area contributed by atoms with E-state index in [0.717, 1.165) is 6.42 Å². The van der Waals surface area contributed by atoms with Crippen LogP contribution in [-0.4, -0.2) is 23.5 Å². The number of rotatable bonds is 5. The Morgan fingerprint density at radius 3 is 2.50 bits per heavy atom. The van der Waals surface area contributed by atoms with Crippen LogP contribution in [0.2, 0.25) is 0 Å². The normalized spacial score (nSPS) is 11.7. The first-order valence-electron chi connectivity index (χ1n) is 5.58. The Labute approximate surface area is 105 Å². The number of nitrogens with one attached hydrogen (secondary N) is 2. The molecule has 0 saturated carbocycles. The number of non-ortho nitro benzene ring substituents is 1. The van der Waals surface area contributed by atoms with Crippen LogP contribution in [-0.2, 0) is 0 Å². The van der Waals surface area contributed by atoms with Gasteiger partial charge in [-0.05, 0) is 18.6 Å². The van der Waals surface area contributed by atoms with Crippen LogP contribution in [0, 0.1) is 10.1 Å². The lowest BCUT2D eigenvalue weighted by molar-refractivity contribution is -0.384. The number of carbonyl (C=O) groups excluding carboxylic acids is 1. The number of hydrogen-bond donors (Lipinski definition) is 3. The number of urea groups is 1. The number of nitrogens with zero attached hydrogens (tertiary/aromatic N) is 1. The zero-order valence-corrected chi connectivity index (χ0v) is 10.1. The number of carbonyl (C=O) groups is 1. The van der Waals surface area contributed by atoms with Crippen molar-refractivity contribution in [2.45, 2.75) is 19.4 Å². The molecule has 1 aromatic rings. The molecule has 0 radical (unpaired) electrons. The first kappa shape index (κ1) is 13.9. The Morgan fingerprint density at radius 2 is 2.06 bits per heavy atom. The van der Waals surface area contributed by atoms with Gasteiger partial charge in [0.05, 0.1) is 4.92 Å². The van der Waals surface area contributed by atoms with Gasteiger partial charge in [-0.3, -0.25) is 10.1 Å². The summed E-state index contributed by atoms with van der Waals surface area (Å²) in [6.07, 6.45) is 0.740. The smallest absolute Gasteiger partial charge is 0.319 e. The van der Waals surface area contributed by atoms with Crippen LogP contribution < -0.4 is 16.4 Å². The van der Waals surface area contributed by atoms with Gasteiger partial charge in [0.15, 0.2) is 0 Å². The van der Waals surface area contributed by atoms with Crippen LogP contribution in [0.5, 0.6) is 0 Å². The van der Waals surface area contributed by atoms with Gasteiger partial charge in [0.2, 0.25) is 0 Å². The number of amides is 2. The number of nitro benzene ring substituents is 1. The van der Waals surface area contributed by atoms with Crippen molar-refractivity contribution < 1.29 is 9.72 Å². The summed E-state index contributed by atoms with van der Waals surface area (Å²) in [5.74, 6) is 0. The van der Waals surface area contributed by atoms with E-state index in [2.05, 4.69) is 10.6 Å². The van der Waals surface area contributed by atoms with Crippen LogP contribution in [0.4, 0.5) is 16.2 Å². The summed E-state index contributed by atoms with van der Waals surface area (Å²) in [7, 11) is 0. The second-order valence-corrected chi connectivity index (χ2v) is 3.74. The first-order valence-corrected chi connectivity index (χ1v) is 5.58. The average Bonchev–Trinajstić information content (AvgIpc) is 2.36. The van der Waals surface area contributed by atoms with E-state index in [9.17, 15) is 14.9 Å². The minimum Gasteiger partial charge on any atom is -0.334 e. The molecule has 0 aromatic heterocycles. The van der Waals surface area contributed by atoms with Crippen LogP contribution in [0.1, 0.15) is 13.3 Å². The molecule has 98 valence electrons. The maximum Gasteiger partial charge on any atom is 0.319 e. The van der Waals surface area contributed by atoms with E-state index >= 15 is 0 Å². The molecule has 1 rings (SSSR count). The third-order valence-corrected chi connectivity index (χ3v) is 2.45. The van der Waals surface area contributed by atoms with E-state index < -0.39 is 4.92 Å². The minimum atomic E-state index is -0.495. The summed E-state index contributed by atoms with van der Waals surface area (Å²) in [5.41, 5.74) is 5.93. The highest BCUT2D eigenvalue weighted by Gasteiger charge is 2.09. The molecule has 7 heteroatoms. The molecule has 0 bridgehead atoms. The molecule has 0 aliphatic rings. The molecule has 0 spiro atoms. The van der Waals surface area contributed by atoms with Gasteiger partial charge in [-0.15, -0.1) is 0 Å². The summed E-state index contributed by atoms with van der Waals surface area (Å²) < 4.78 is 0. The number of hydrogen-bond acceptors (Lipinski definition) is 4. The third-order valence-electron chi connectivity index (χ3n) is 2.45. The lowest BCUT2D eigenvalue weighted by Gasteiger charge is -2.15. The SMILES string of the molecule is CCC(CN)NC(=O)Nc1ccc([N+](=O)[O-])cc1. The van der Waals surface area contributed by atoms with Gasteiger partial charge in [-0.1, -0.05) is 6.92 Å². The number of anilines is 1. The predicted molar refractivity (Wildman–Crippen MR) is 68.4 cm³/mol. The summed E-state index contributed by atoms with van der Waals surface area (Å²) in [4.78, 5) is 21.5. The Bertz CT molecular complexity index is 415. The molecule has 0 aliphatic heterocycles. The highest BCUT2D eigenvalue weighted by atomic mass is 16.6. The van der Waals surface area contributed by atoms with Gasteiger partial charge in [-0.25, -0.2) is 4.79 Å². The molecule has 1 unspecified atom stereocenters. The number of benzene rings is 1. The van der Waals surface area contributed by atoms with Gasteiger partial charge in [0, 0.05) is 30.4 Å². The number of nitrogens with two attached hydrogens (primary N) is 1. The van der Waals surface area contributed by atoms with Crippen molar-refractivity contribution in [1.29, 1.82) is 0 Å². The van der Waals surface area contributed by atoms with E-state index in [1.54, 1.807) is 0 Å². The van der Waals surface area contributed by atoms with Crippen molar-refractivity contribution >= 4 is 17.4 Å². The molecule has 0 aliphatic carbocycles. The van der Waals surface area contributed by atoms with Crippen LogP contribution >= 0.6 is 0 Å². The highest BCUT2D eigenvalue weighted by Crippen LogP contribution is 2.15. The maximum atomic E-state index is 11.5. The van der Waals surface area contributed by atoms with E-state index in [0.29, 0.717) is 12.2 Å². The summed E-state index contributed by atoms with van der Waals surface area (Å²) in [6, 6.07) is 5.15. The Hall–Kier alpha value is -2.15. The van der Waals surface area contributed by atoms with Gasteiger partial charge in [0.25, 0.3) is 5.69 Å². The quantitative estimate of drug-likeness (QED) is 0.544. The summed E-state index contributed by atoms with van der Waals surface area (Å²) in [5, 5.41) is 15.7. The lowest BCUT2D eigenvalue weighted by atomic mass is 10.2. The lowest BCUT2D eigenvalue weighted by Crippen LogP contribution is -2.41. The molecule has 2 amide bonds. The molecular formula is C11H16N4O3. The molecule has 0 heterocycles. The zero-order chi connectivity index (χ0) is 13.5. The standard InChI is InChI=1S/C11H16N4O3/c1-2-8(7-12)13-11(16)14-9-3-5-10(6-4-9)15(17)18/h3-6,8H,2,7,12H2,1H3,(H2,13,14,16). The fourth-order valence-corrected chi connectivity index (χ4v) is 1.35. The highest BCUT2D eigenvalue weighted by molar-refractivity contribution is 5.89. The van der Waals surface area contributed by atoms with Crippen LogP contribution in [0.15, 0.2) is 24.3 Å². The van der Waals surface area contributed by atoms with Gasteiger partial charge in [-0.2, -0.15) is 0 Å². The van der Waals surface area contributed by atoms with Crippen molar-refractivity contribution in [2.24, 2.45) is 5.73 Å². The van der Waals surface area contributed by atoms with E-state index in [1.807, 2.05) is 6.92 Å². The summed E-state index contributed by atoms with van der Waals surface area (Å²) in [6.45, 7) is 2.29. The zero-order valence-electron chi connectivity index (χ0n) is 10.1. The molecule has 7 nitrogen and oxygen atoms in total. The largest absolute Gasteiger partial charge is 0.334 e. The van der Waals surface area contributed by atoms with Gasteiger partial charge in [0.1, 0.15) is 0 Å². The van der Waals surface area contributed by atoms with E-state index in [1.165, 1.54) is 24.3 Å². The van der Waals surface area contributed by atoms with Crippen LogP contribution in [0.25, 0.3) is 0 Å². The van der Waals surface area contributed by atoms with Crippen molar-refractivity contribution in [3.8, 4) is 0 Å². The third kappa shape index (κ3) is 4.02. The first-order chi connectivity index (χ1) is 8.56. The topological polar surface area (TPSA) is 110 Å². The minimum absolute atomic E-state index is 0.0191. The van der Waals surface area contributed by atoms with Crippen LogP contribution in [0.3, 0.4) is 0 Å².